The third kappa shape index (κ3) is 3.95. The standard InChI is InChI=1S/C17H13ClN2O/c1-12-2-8-16(9-3-12)20-11-14(10-19)17(21)13-4-6-15(18)7-5-13/h2-9,11,20H,1H3/b14-11+. The third-order valence-corrected chi connectivity index (χ3v) is 3.16. The van der Waals surface area contributed by atoms with Crippen LogP contribution in [0.2, 0.25) is 5.02 Å². The van der Waals surface area contributed by atoms with Crippen molar-refractivity contribution in [3.8, 4) is 6.07 Å². The van der Waals surface area contributed by atoms with Gasteiger partial charge in [0.15, 0.2) is 0 Å². The van der Waals surface area contributed by atoms with E-state index in [2.05, 4.69) is 5.32 Å². The number of Topliss-reactive ketones (excluding diaryl/α,β-unsaturated/α-hetero) is 1. The quantitative estimate of drug-likeness (QED) is 0.518. The Bertz CT molecular complexity index is 710. The zero-order valence-electron chi connectivity index (χ0n) is 11.4. The van der Waals surface area contributed by atoms with Crippen molar-refractivity contribution in [3.05, 3.63) is 76.5 Å². The van der Waals surface area contributed by atoms with Gasteiger partial charge in [-0.2, -0.15) is 5.26 Å². The van der Waals surface area contributed by atoms with E-state index in [0.717, 1.165) is 11.3 Å². The van der Waals surface area contributed by atoms with Crippen LogP contribution in [0.15, 0.2) is 60.3 Å². The molecule has 0 aliphatic rings. The van der Waals surface area contributed by atoms with Crippen molar-refractivity contribution in [1.29, 1.82) is 5.26 Å². The van der Waals surface area contributed by atoms with E-state index in [0.29, 0.717) is 10.6 Å². The summed E-state index contributed by atoms with van der Waals surface area (Å²) >= 11 is 5.78. The minimum absolute atomic E-state index is 0.0397. The number of nitrogens with one attached hydrogen (secondary N) is 1. The molecule has 0 unspecified atom stereocenters. The number of benzene rings is 2. The lowest BCUT2D eigenvalue weighted by atomic mass is 10.1. The molecule has 0 spiro atoms. The van der Waals surface area contributed by atoms with Gasteiger partial charge in [0.1, 0.15) is 11.6 Å². The molecule has 21 heavy (non-hydrogen) atoms. The van der Waals surface area contributed by atoms with Crippen LogP contribution in [-0.2, 0) is 0 Å². The summed E-state index contributed by atoms with van der Waals surface area (Å²) in [6.07, 6.45) is 1.42. The van der Waals surface area contributed by atoms with Crippen molar-refractivity contribution in [2.24, 2.45) is 0 Å². The van der Waals surface area contributed by atoms with Crippen molar-refractivity contribution < 1.29 is 4.79 Å². The van der Waals surface area contributed by atoms with Gasteiger partial charge in [0, 0.05) is 22.5 Å². The third-order valence-electron chi connectivity index (χ3n) is 2.91. The highest BCUT2D eigenvalue weighted by molar-refractivity contribution is 6.30. The first-order valence-corrected chi connectivity index (χ1v) is 6.71. The SMILES string of the molecule is Cc1ccc(N/C=C(\C#N)C(=O)c2ccc(Cl)cc2)cc1. The smallest absolute Gasteiger partial charge is 0.205 e. The molecule has 0 saturated heterocycles. The number of rotatable bonds is 4. The van der Waals surface area contributed by atoms with Gasteiger partial charge in [0.2, 0.25) is 5.78 Å². The molecular weight excluding hydrogens is 284 g/mol. The summed E-state index contributed by atoms with van der Waals surface area (Å²) < 4.78 is 0. The molecule has 2 rings (SSSR count). The van der Waals surface area contributed by atoms with Crippen LogP contribution in [0.25, 0.3) is 0 Å². The van der Waals surface area contributed by atoms with Crippen molar-refractivity contribution >= 4 is 23.1 Å². The molecule has 2 aromatic rings. The lowest BCUT2D eigenvalue weighted by molar-refractivity contribution is 0.103. The average molecular weight is 297 g/mol. The molecule has 3 nitrogen and oxygen atoms in total. The first-order valence-electron chi connectivity index (χ1n) is 6.34. The van der Waals surface area contributed by atoms with Gasteiger partial charge in [-0.1, -0.05) is 29.3 Å². The summed E-state index contributed by atoms with van der Waals surface area (Å²) in [7, 11) is 0. The summed E-state index contributed by atoms with van der Waals surface area (Å²) in [4.78, 5) is 12.2. The van der Waals surface area contributed by atoms with E-state index in [-0.39, 0.29) is 11.4 Å². The number of ketones is 1. The van der Waals surface area contributed by atoms with E-state index >= 15 is 0 Å². The number of carbonyl (C=O) groups is 1. The highest BCUT2D eigenvalue weighted by Crippen LogP contribution is 2.14. The molecule has 104 valence electrons. The predicted octanol–water partition coefficient (Wildman–Crippen LogP) is 4.35. The summed E-state index contributed by atoms with van der Waals surface area (Å²) in [6, 6.07) is 16.0. The first-order chi connectivity index (χ1) is 10.1. The maximum atomic E-state index is 12.2. The fraction of sp³-hybridized carbons (Fsp3) is 0.0588. The Morgan fingerprint density at radius 2 is 1.76 bits per heavy atom. The minimum atomic E-state index is -0.339. The van der Waals surface area contributed by atoms with Crippen molar-refractivity contribution in [3.63, 3.8) is 0 Å². The second kappa shape index (κ2) is 6.74. The van der Waals surface area contributed by atoms with Crippen LogP contribution in [0.3, 0.4) is 0 Å². The van der Waals surface area contributed by atoms with E-state index in [4.69, 9.17) is 16.9 Å². The second-order valence-corrected chi connectivity index (χ2v) is 4.95. The van der Waals surface area contributed by atoms with Gasteiger partial charge >= 0.3 is 0 Å². The summed E-state index contributed by atoms with van der Waals surface area (Å²) in [5.41, 5.74) is 2.43. The maximum absolute atomic E-state index is 12.2. The minimum Gasteiger partial charge on any atom is -0.360 e. The number of anilines is 1. The van der Waals surface area contributed by atoms with E-state index in [1.807, 2.05) is 37.3 Å². The van der Waals surface area contributed by atoms with Crippen LogP contribution in [0.1, 0.15) is 15.9 Å². The average Bonchev–Trinajstić information content (AvgIpc) is 2.50. The molecule has 0 aliphatic carbocycles. The van der Waals surface area contributed by atoms with E-state index < -0.39 is 0 Å². The number of halogens is 1. The van der Waals surface area contributed by atoms with Gasteiger partial charge in [-0.3, -0.25) is 4.79 Å². The molecule has 0 heterocycles. The lowest BCUT2D eigenvalue weighted by Crippen LogP contribution is -2.04. The van der Waals surface area contributed by atoms with E-state index in [1.54, 1.807) is 24.3 Å². The van der Waals surface area contributed by atoms with Crippen molar-refractivity contribution in [2.75, 3.05) is 5.32 Å². The van der Waals surface area contributed by atoms with Crippen LogP contribution in [-0.4, -0.2) is 5.78 Å². The summed E-state index contributed by atoms with van der Waals surface area (Å²) in [5.74, 6) is -0.339. The fourth-order valence-electron chi connectivity index (χ4n) is 1.71. The van der Waals surface area contributed by atoms with Crippen molar-refractivity contribution in [2.45, 2.75) is 6.92 Å². The Hall–Kier alpha value is -2.57. The Labute approximate surface area is 128 Å². The number of allylic oxidation sites excluding steroid dienone is 1. The topological polar surface area (TPSA) is 52.9 Å². The number of nitrogens with zero attached hydrogens (tertiary/aromatic N) is 1. The zero-order chi connectivity index (χ0) is 15.2. The van der Waals surface area contributed by atoms with Crippen LogP contribution in [0, 0.1) is 18.3 Å². The monoisotopic (exact) mass is 296 g/mol. The van der Waals surface area contributed by atoms with E-state index in [9.17, 15) is 4.79 Å². The molecule has 0 aliphatic heterocycles. The first kappa shape index (κ1) is 14.8. The van der Waals surface area contributed by atoms with Gasteiger partial charge in [-0.05, 0) is 43.3 Å². The normalized spacial score (nSPS) is 10.8. The molecule has 0 amide bonds. The Kier molecular flexibility index (Phi) is 4.76. The van der Waals surface area contributed by atoms with Crippen molar-refractivity contribution in [1.82, 2.24) is 0 Å². The van der Waals surface area contributed by atoms with E-state index in [1.165, 1.54) is 6.20 Å². The van der Waals surface area contributed by atoms with Gasteiger partial charge in [0.05, 0.1) is 0 Å². The number of hydrogen-bond acceptors (Lipinski definition) is 3. The lowest BCUT2D eigenvalue weighted by Gasteiger charge is -2.03. The molecule has 0 aromatic heterocycles. The fourth-order valence-corrected chi connectivity index (χ4v) is 1.84. The highest BCUT2D eigenvalue weighted by Gasteiger charge is 2.11. The van der Waals surface area contributed by atoms with Gasteiger partial charge < -0.3 is 5.32 Å². The summed E-state index contributed by atoms with van der Waals surface area (Å²) in [6.45, 7) is 1.99. The molecule has 0 fully saturated rings. The number of nitriles is 1. The Balaban J connectivity index is 2.17. The molecule has 0 radical (unpaired) electrons. The van der Waals surface area contributed by atoms with Crippen LogP contribution < -0.4 is 5.32 Å². The molecule has 0 saturated carbocycles. The predicted molar refractivity (Wildman–Crippen MR) is 84.3 cm³/mol. The summed E-state index contributed by atoms with van der Waals surface area (Å²) in [5, 5.41) is 12.6. The highest BCUT2D eigenvalue weighted by atomic mass is 35.5. The van der Waals surface area contributed by atoms with Gasteiger partial charge in [-0.15, -0.1) is 0 Å². The maximum Gasteiger partial charge on any atom is 0.205 e. The molecular formula is C17H13ClN2O. The Morgan fingerprint density at radius 1 is 1.14 bits per heavy atom. The van der Waals surface area contributed by atoms with Crippen LogP contribution in [0.4, 0.5) is 5.69 Å². The molecule has 0 atom stereocenters. The molecule has 2 aromatic carbocycles. The Morgan fingerprint density at radius 3 is 2.33 bits per heavy atom. The van der Waals surface area contributed by atoms with Gasteiger partial charge in [-0.25, -0.2) is 0 Å². The van der Waals surface area contributed by atoms with Crippen LogP contribution >= 0.6 is 11.6 Å². The number of aryl methyl sites for hydroxylation is 1. The number of hydrogen-bond donors (Lipinski definition) is 1. The molecule has 0 bridgehead atoms. The molecule has 4 heteroatoms. The largest absolute Gasteiger partial charge is 0.360 e. The number of carbonyl (C=O) groups excluding carboxylic acids is 1. The molecule has 1 N–H and O–H groups in total. The van der Waals surface area contributed by atoms with Gasteiger partial charge in [0.25, 0.3) is 0 Å². The zero-order valence-corrected chi connectivity index (χ0v) is 12.2. The van der Waals surface area contributed by atoms with Crippen LogP contribution in [0.5, 0.6) is 0 Å². The second-order valence-electron chi connectivity index (χ2n) is 4.52.